The van der Waals surface area contributed by atoms with E-state index in [1.54, 1.807) is 24.9 Å². The molecule has 0 aliphatic rings. The number of nitrogens with one attached hydrogen (secondary N) is 2. The zero-order valence-corrected chi connectivity index (χ0v) is 11.5. The summed E-state index contributed by atoms with van der Waals surface area (Å²) in [7, 11) is 1.73. The highest BCUT2D eigenvalue weighted by molar-refractivity contribution is 6.08. The second-order valence-corrected chi connectivity index (χ2v) is 4.39. The van der Waals surface area contributed by atoms with E-state index in [0.717, 1.165) is 6.07 Å². The number of anilines is 2. The molecule has 1 aromatic carbocycles. The van der Waals surface area contributed by atoms with Gasteiger partial charge in [0.15, 0.2) is 0 Å². The van der Waals surface area contributed by atoms with Gasteiger partial charge in [0, 0.05) is 25.4 Å². The van der Waals surface area contributed by atoms with E-state index >= 15 is 0 Å². The van der Waals surface area contributed by atoms with E-state index in [1.165, 1.54) is 12.1 Å². The average molecular weight is 290 g/mol. The molecule has 1 heterocycles. The summed E-state index contributed by atoms with van der Waals surface area (Å²) in [6.07, 6.45) is 1.64. The first-order valence-electron chi connectivity index (χ1n) is 5.99. The Labute approximate surface area is 119 Å². The number of nitro groups is 1. The van der Waals surface area contributed by atoms with Gasteiger partial charge in [-0.05, 0) is 13.0 Å². The van der Waals surface area contributed by atoms with Crippen molar-refractivity contribution in [3.8, 4) is 0 Å². The molecule has 4 N–H and O–H groups in total. The van der Waals surface area contributed by atoms with Crippen LogP contribution in [0, 0.1) is 17.0 Å². The van der Waals surface area contributed by atoms with E-state index in [0.29, 0.717) is 17.1 Å². The summed E-state index contributed by atoms with van der Waals surface area (Å²) in [5.41, 5.74) is 3.68. The third kappa shape index (κ3) is 2.98. The number of carbonyl (C=O) groups excluding carboxylic acids is 1. The molecule has 0 fully saturated rings. The van der Waals surface area contributed by atoms with Gasteiger partial charge in [0.1, 0.15) is 0 Å². The van der Waals surface area contributed by atoms with Crippen molar-refractivity contribution < 1.29 is 9.72 Å². The molecule has 0 spiro atoms. The second kappa shape index (κ2) is 5.59. The highest BCUT2D eigenvalue weighted by Gasteiger charge is 2.17. The van der Waals surface area contributed by atoms with Gasteiger partial charge in [0.25, 0.3) is 11.6 Å². The molecule has 0 unspecified atom stereocenters. The van der Waals surface area contributed by atoms with Crippen molar-refractivity contribution >= 4 is 23.0 Å². The van der Waals surface area contributed by atoms with Crippen molar-refractivity contribution in [3.05, 3.63) is 45.8 Å². The number of aryl methyl sites for hydroxylation is 2. The first kappa shape index (κ1) is 14.5. The Hall–Kier alpha value is -2.94. The lowest BCUT2D eigenvalue weighted by Gasteiger charge is -2.09. The minimum atomic E-state index is -0.577. The Kier molecular flexibility index (Phi) is 3.85. The highest BCUT2D eigenvalue weighted by atomic mass is 16.6. The molecule has 0 atom stereocenters. The van der Waals surface area contributed by atoms with Gasteiger partial charge in [-0.15, -0.1) is 0 Å². The maximum atomic E-state index is 12.3. The molecule has 0 saturated heterocycles. The topological polar surface area (TPSA) is 128 Å². The Morgan fingerprint density at radius 1 is 1.43 bits per heavy atom. The lowest BCUT2D eigenvalue weighted by molar-refractivity contribution is -0.384. The van der Waals surface area contributed by atoms with Gasteiger partial charge in [-0.3, -0.25) is 25.4 Å². The molecule has 21 heavy (non-hydrogen) atoms. The lowest BCUT2D eigenvalue weighted by Crippen LogP contribution is -2.17. The number of carbonyl (C=O) groups is 1. The monoisotopic (exact) mass is 290 g/mol. The van der Waals surface area contributed by atoms with Gasteiger partial charge in [-0.1, -0.05) is 0 Å². The average Bonchev–Trinajstić information content (AvgIpc) is 2.75. The maximum absolute atomic E-state index is 12.3. The Morgan fingerprint density at radius 2 is 2.14 bits per heavy atom. The number of hydrazine groups is 1. The molecule has 1 amide bonds. The fourth-order valence-corrected chi connectivity index (χ4v) is 1.87. The van der Waals surface area contributed by atoms with Crippen LogP contribution in [0.5, 0.6) is 0 Å². The van der Waals surface area contributed by atoms with Crippen LogP contribution in [0.1, 0.15) is 16.1 Å². The lowest BCUT2D eigenvalue weighted by atomic mass is 10.1. The Balaban J connectivity index is 2.35. The van der Waals surface area contributed by atoms with Crippen LogP contribution in [0.3, 0.4) is 0 Å². The van der Waals surface area contributed by atoms with Crippen LogP contribution in [-0.2, 0) is 7.05 Å². The molecule has 0 bridgehead atoms. The first-order chi connectivity index (χ1) is 9.92. The number of nitrogens with zero attached hydrogens (tertiary/aromatic N) is 3. The molecule has 0 saturated carbocycles. The van der Waals surface area contributed by atoms with Crippen molar-refractivity contribution in [1.82, 2.24) is 9.78 Å². The number of non-ortho nitro benzene ring substituents is 1. The van der Waals surface area contributed by atoms with Crippen molar-refractivity contribution in [2.24, 2.45) is 12.9 Å². The number of nitrogen functional groups attached to an aromatic ring is 1. The third-order valence-corrected chi connectivity index (χ3v) is 2.88. The number of amides is 1. The summed E-state index contributed by atoms with van der Waals surface area (Å²) < 4.78 is 1.56. The largest absolute Gasteiger partial charge is 0.323 e. The van der Waals surface area contributed by atoms with Gasteiger partial charge in [-0.25, -0.2) is 0 Å². The van der Waals surface area contributed by atoms with Crippen molar-refractivity contribution in [2.45, 2.75) is 6.92 Å². The SMILES string of the molecule is Cc1nn(C)cc1NC(=O)c1cc([N+](=O)[O-])ccc1NN. The molecule has 110 valence electrons. The summed E-state index contributed by atoms with van der Waals surface area (Å²) in [5.74, 6) is 4.81. The predicted octanol–water partition coefficient (Wildman–Crippen LogP) is 1.17. The summed E-state index contributed by atoms with van der Waals surface area (Å²) in [5, 5.41) is 17.5. The van der Waals surface area contributed by atoms with Crippen LogP contribution in [0.4, 0.5) is 17.1 Å². The number of rotatable bonds is 4. The number of benzene rings is 1. The highest BCUT2D eigenvalue weighted by Crippen LogP contribution is 2.23. The van der Waals surface area contributed by atoms with Gasteiger partial charge in [0.2, 0.25) is 0 Å². The van der Waals surface area contributed by atoms with Gasteiger partial charge in [-0.2, -0.15) is 5.10 Å². The first-order valence-corrected chi connectivity index (χ1v) is 5.99. The van der Waals surface area contributed by atoms with E-state index in [4.69, 9.17) is 5.84 Å². The molecule has 0 aliphatic heterocycles. The zero-order chi connectivity index (χ0) is 15.6. The van der Waals surface area contributed by atoms with E-state index in [2.05, 4.69) is 15.8 Å². The number of hydrogen-bond acceptors (Lipinski definition) is 6. The maximum Gasteiger partial charge on any atom is 0.270 e. The molecule has 0 radical (unpaired) electrons. The van der Waals surface area contributed by atoms with Crippen LogP contribution >= 0.6 is 0 Å². The summed E-state index contributed by atoms with van der Waals surface area (Å²) in [6.45, 7) is 1.74. The quantitative estimate of drug-likeness (QED) is 0.440. The second-order valence-electron chi connectivity index (χ2n) is 4.39. The zero-order valence-electron chi connectivity index (χ0n) is 11.5. The fourth-order valence-electron chi connectivity index (χ4n) is 1.87. The van der Waals surface area contributed by atoms with Crippen molar-refractivity contribution in [2.75, 3.05) is 10.7 Å². The minimum Gasteiger partial charge on any atom is -0.323 e. The molecule has 9 nitrogen and oxygen atoms in total. The van der Waals surface area contributed by atoms with Crippen molar-refractivity contribution in [1.29, 1.82) is 0 Å². The number of aromatic nitrogens is 2. The Morgan fingerprint density at radius 3 is 2.67 bits per heavy atom. The molecule has 0 aliphatic carbocycles. The Bertz CT molecular complexity index is 709. The summed E-state index contributed by atoms with van der Waals surface area (Å²) in [6, 6.07) is 3.81. The van der Waals surface area contributed by atoms with E-state index in [9.17, 15) is 14.9 Å². The van der Waals surface area contributed by atoms with E-state index in [-0.39, 0.29) is 11.3 Å². The molecular formula is C12H14N6O3. The molecular weight excluding hydrogens is 276 g/mol. The van der Waals surface area contributed by atoms with Crippen LogP contribution in [-0.4, -0.2) is 20.6 Å². The number of hydrogen-bond donors (Lipinski definition) is 3. The molecule has 2 rings (SSSR count). The van der Waals surface area contributed by atoms with Gasteiger partial charge >= 0.3 is 0 Å². The molecule has 1 aromatic heterocycles. The van der Waals surface area contributed by atoms with Crippen LogP contribution in [0.15, 0.2) is 24.4 Å². The predicted molar refractivity (Wildman–Crippen MR) is 76.8 cm³/mol. The standard InChI is InChI=1S/C12H14N6O3/c1-7-11(6-17(2)16-7)14-12(19)9-5-8(18(20)21)3-4-10(9)15-13/h3-6,15H,13H2,1-2H3,(H,14,19). The van der Waals surface area contributed by atoms with E-state index < -0.39 is 10.8 Å². The number of nitro benzene ring substituents is 1. The smallest absolute Gasteiger partial charge is 0.270 e. The van der Waals surface area contributed by atoms with Crippen LogP contribution in [0.25, 0.3) is 0 Å². The fraction of sp³-hybridized carbons (Fsp3) is 0.167. The van der Waals surface area contributed by atoms with Gasteiger partial charge in [0.05, 0.1) is 27.6 Å². The van der Waals surface area contributed by atoms with Gasteiger partial charge < -0.3 is 10.7 Å². The van der Waals surface area contributed by atoms with E-state index in [1.807, 2.05) is 0 Å². The van der Waals surface area contributed by atoms with Crippen LogP contribution < -0.4 is 16.6 Å². The molecule has 2 aromatic rings. The summed E-state index contributed by atoms with van der Waals surface area (Å²) in [4.78, 5) is 22.5. The minimum absolute atomic E-state index is 0.0787. The normalized spacial score (nSPS) is 10.2. The van der Waals surface area contributed by atoms with Crippen LogP contribution in [0.2, 0.25) is 0 Å². The van der Waals surface area contributed by atoms with Crippen molar-refractivity contribution in [3.63, 3.8) is 0 Å². The third-order valence-electron chi connectivity index (χ3n) is 2.88. The summed E-state index contributed by atoms with van der Waals surface area (Å²) >= 11 is 0. The molecule has 9 heteroatoms. The number of nitrogens with two attached hydrogens (primary N) is 1.